The second-order valence-corrected chi connectivity index (χ2v) is 5.01. The van der Waals surface area contributed by atoms with Crippen LogP contribution in [0.3, 0.4) is 0 Å². The lowest BCUT2D eigenvalue weighted by Gasteiger charge is -2.27. The molecule has 4 heteroatoms. The number of nitrogens with zero attached hydrogens (tertiary/aromatic N) is 1. The van der Waals surface area contributed by atoms with Gasteiger partial charge in [-0.2, -0.15) is 5.26 Å². The van der Waals surface area contributed by atoms with Gasteiger partial charge in [-0.05, 0) is 44.5 Å². The van der Waals surface area contributed by atoms with Crippen LogP contribution in [-0.2, 0) is 0 Å². The highest BCUT2D eigenvalue weighted by Gasteiger charge is 2.19. The van der Waals surface area contributed by atoms with Crippen molar-refractivity contribution in [1.29, 1.82) is 5.26 Å². The average molecular weight is 236 g/mol. The second-order valence-electron chi connectivity index (χ2n) is 5.01. The molecule has 0 fully saturated rings. The van der Waals surface area contributed by atoms with E-state index in [-0.39, 0.29) is 23.8 Å². The number of hydrogen-bond acceptors (Lipinski definition) is 3. The third-order valence-corrected chi connectivity index (χ3v) is 2.24. The van der Waals surface area contributed by atoms with Gasteiger partial charge in [-0.1, -0.05) is 0 Å². The van der Waals surface area contributed by atoms with Crippen LogP contribution < -0.4 is 5.32 Å². The topological polar surface area (TPSA) is 56.0 Å². The molecule has 0 bridgehead atoms. The van der Waals surface area contributed by atoms with Crippen molar-refractivity contribution in [2.75, 3.05) is 6.61 Å². The van der Waals surface area contributed by atoms with Crippen molar-refractivity contribution in [2.45, 2.75) is 32.4 Å². The summed E-state index contributed by atoms with van der Waals surface area (Å²) in [5, 5.41) is 21.3. The van der Waals surface area contributed by atoms with E-state index in [9.17, 15) is 9.50 Å². The Morgan fingerprint density at radius 1 is 1.41 bits per heavy atom. The molecule has 0 heterocycles. The molecule has 0 saturated carbocycles. The lowest BCUT2D eigenvalue weighted by Crippen LogP contribution is -2.40. The van der Waals surface area contributed by atoms with Crippen molar-refractivity contribution in [3.8, 4) is 6.07 Å². The smallest absolute Gasteiger partial charge is 0.124 e. The van der Waals surface area contributed by atoms with Gasteiger partial charge in [0.15, 0.2) is 0 Å². The molecule has 1 rings (SSSR count). The van der Waals surface area contributed by atoms with E-state index in [1.54, 1.807) is 6.07 Å². The minimum Gasteiger partial charge on any atom is -0.394 e. The first kappa shape index (κ1) is 13.6. The number of nitrogens with one attached hydrogen (secondary N) is 1. The summed E-state index contributed by atoms with van der Waals surface area (Å²) in [6.45, 7) is 5.73. The molecule has 0 aliphatic rings. The minimum absolute atomic E-state index is 0.147. The minimum atomic E-state index is -0.465. The van der Waals surface area contributed by atoms with Gasteiger partial charge in [-0.25, -0.2) is 4.39 Å². The van der Waals surface area contributed by atoms with E-state index in [0.717, 1.165) is 0 Å². The Kier molecular flexibility index (Phi) is 4.22. The maximum atomic E-state index is 13.3. The average Bonchev–Trinajstić information content (AvgIpc) is 2.23. The van der Waals surface area contributed by atoms with Gasteiger partial charge in [0.1, 0.15) is 5.82 Å². The molecule has 3 nitrogen and oxygen atoms in total. The largest absolute Gasteiger partial charge is 0.394 e. The number of nitriles is 1. The first-order valence-electron chi connectivity index (χ1n) is 5.45. The van der Waals surface area contributed by atoms with Crippen LogP contribution in [-0.4, -0.2) is 17.3 Å². The lowest BCUT2D eigenvalue weighted by molar-refractivity contribution is 0.217. The number of aliphatic hydroxyl groups excluding tert-OH is 1. The van der Waals surface area contributed by atoms with Gasteiger partial charge in [0.25, 0.3) is 0 Å². The summed E-state index contributed by atoms with van der Waals surface area (Å²) < 4.78 is 13.3. The predicted octanol–water partition coefficient (Wildman–Crippen LogP) is 2.12. The van der Waals surface area contributed by atoms with Crippen LogP contribution in [0, 0.1) is 17.1 Å². The van der Waals surface area contributed by atoms with Crippen molar-refractivity contribution in [1.82, 2.24) is 5.32 Å². The predicted molar refractivity (Wildman–Crippen MR) is 63.8 cm³/mol. The third kappa shape index (κ3) is 4.14. The molecule has 0 aromatic heterocycles. The maximum absolute atomic E-state index is 13.3. The molecule has 0 saturated heterocycles. The van der Waals surface area contributed by atoms with Crippen molar-refractivity contribution in [3.05, 3.63) is 35.1 Å². The van der Waals surface area contributed by atoms with E-state index in [2.05, 4.69) is 5.32 Å². The fourth-order valence-electron chi connectivity index (χ4n) is 1.64. The monoisotopic (exact) mass is 236 g/mol. The van der Waals surface area contributed by atoms with Crippen molar-refractivity contribution in [2.24, 2.45) is 0 Å². The van der Waals surface area contributed by atoms with E-state index in [1.165, 1.54) is 12.1 Å². The Morgan fingerprint density at radius 3 is 2.53 bits per heavy atom. The SMILES string of the molecule is CC(C)(C)NC(CO)c1cc(F)cc(C#N)c1. The van der Waals surface area contributed by atoms with Crippen molar-refractivity contribution < 1.29 is 9.50 Å². The summed E-state index contributed by atoms with van der Waals surface area (Å²) in [7, 11) is 0. The zero-order valence-electron chi connectivity index (χ0n) is 10.3. The molecule has 92 valence electrons. The molecule has 0 radical (unpaired) electrons. The standard InChI is InChI=1S/C13H17FN2O/c1-13(2,3)16-12(8-17)10-4-9(7-15)5-11(14)6-10/h4-6,12,16-17H,8H2,1-3H3. The normalized spacial score (nSPS) is 13.2. The van der Waals surface area contributed by atoms with E-state index < -0.39 is 5.82 Å². The van der Waals surface area contributed by atoms with Gasteiger partial charge in [-0.3, -0.25) is 0 Å². The van der Waals surface area contributed by atoms with Gasteiger partial charge >= 0.3 is 0 Å². The first-order chi connectivity index (χ1) is 7.85. The third-order valence-electron chi connectivity index (χ3n) is 2.24. The van der Waals surface area contributed by atoms with Crippen LogP contribution >= 0.6 is 0 Å². The van der Waals surface area contributed by atoms with Crippen LogP contribution in [0.2, 0.25) is 0 Å². The zero-order chi connectivity index (χ0) is 13.1. The Morgan fingerprint density at radius 2 is 2.06 bits per heavy atom. The summed E-state index contributed by atoms with van der Waals surface area (Å²) in [4.78, 5) is 0. The Hall–Kier alpha value is -1.44. The summed E-state index contributed by atoms with van der Waals surface area (Å²) >= 11 is 0. The summed E-state index contributed by atoms with van der Waals surface area (Å²) in [5.74, 6) is -0.465. The summed E-state index contributed by atoms with van der Waals surface area (Å²) in [6, 6.07) is 5.62. The van der Waals surface area contributed by atoms with E-state index in [1.807, 2.05) is 26.8 Å². The van der Waals surface area contributed by atoms with Gasteiger partial charge in [-0.15, -0.1) is 0 Å². The van der Waals surface area contributed by atoms with Crippen LogP contribution in [0.25, 0.3) is 0 Å². The summed E-state index contributed by atoms with van der Waals surface area (Å²) in [5.41, 5.74) is 0.639. The molecular weight excluding hydrogens is 219 g/mol. The van der Waals surface area contributed by atoms with E-state index >= 15 is 0 Å². The highest BCUT2D eigenvalue weighted by Crippen LogP contribution is 2.19. The number of rotatable bonds is 3. The van der Waals surface area contributed by atoms with Crippen LogP contribution in [0.5, 0.6) is 0 Å². The van der Waals surface area contributed by atoms with Crippen molar-refractivity contribution >= 4 is 0 Å². The highest BCUT2D eigenvalue weighted by atomic mass is 19.1. The molecule has 0 spiro atoms. The second kappa shape index (κ2) is 5.26. The Balaban J connectivity index is 3.04. The van der Waals surface area contributed by atoms with E-state index in [0.29, 0.717) is 5.56 Å². The van der Waals surface area contributed by atoms with Gasteiger partial charge < -0.3 is 10.4 Å². The molecule has 1 aromatic carbocycles. The highest BCUT2D eigenvalue weighted by molar-refractivity contribution is 5.35. The van der Waals surface area contributed by atoms with Gasteiger partial charge in [0, 0.05) is 5.54 Å². The zero-order valence-corrected chi connectivity index (χ0v) is 10.3. The quantitative estimate of drug-likeness (QED) is 0.845. The van der Waals surface area contributed by atoms with Crippen LogP contribution in [0.15, 0.2) is 18.2 Å². The molecule has 0 aliphatic heterocycles. The molecule has 1 atom stereocenters. The van der Waals surface area contributed by atoms with Crippen LogP contribution in [0.1, 0.15) is 37.9 Å². The molecular formula is C13H17FN2O. The number of aliphatic hydroxyl groups is 1. The van der Waals surface area contributed by atoms with Gasteiger partial charge in [0.2, 0.25) is 0 Å². The molecule has 1 unspecified atom stereocenters. The fourth-order valence-corrected chi connectivity index (χ4v) is 1.64. The van der Waals surface area contributed by atoms with Crippen LogP contribution in [0.4, 0.5) is 4.39 Å². The van der Waals surface area contributed by atoms with E-state index in [4.69, 9.17) is 5.26 Å². The van der Waals surface area contributed by atoms with Crippen molar-refractivity contribution in [3.63, 3.8) is 0 Å². The molecule has 0 aliphatic carbocycles. The molecule has 17 heavy (non-hydrogen) atoms. The maximum Gasteiger partial charge on any atom is 0.124 e. The molecule has 0 amide bonds. The Labute approximate surface area is 101 Å². The molecule has 2 N–H and O–H groups in total. The first-order valence-corrected chi connectivity index (χ1v) is 5.45. The number of benzene rings is 1. The molecule has 1 aromatic rings. The Bertz CT molecular complexity index is 432. The number of hydrogen-bond donors (Lipinski definition) is 2. The lowest BCUT2D eigenvalue weighted by atomic mass is 10.0. The summed E-state index contributed by atoms with van der Waals surface area (Å²) in [6.07, 6.45) is 0. The number of halogens is 1. The van der Waals surface area contributed by atoms with Gasteiger partial charge in [0.05, 0.1) is 24.3 Å². The fraction of sp³-hybridized carbons (Fsp3) is 0.462.